The molecule has 1 aliphatic heterocycles. The van der Waals surface area contributed by atoms with Gasteiger partial charge in [0.2, 0.25) is 0 Å². The maximum Gasteiger partial charge on any atom is 0.134 e. The largest absolute Gasteiger partial charge is 0.394 e. The summed E-state index contributed by atoms with van der Waals surface area (Å²) in [6.45, 7) is 6.96. The Hall–Kier alpha value is -1.17. The highest BCUT2D eigenvalue weighted by Crippen LogP contribution is 2.29. The summed E-state index contributed by atoms with van der Waals surface area (Å²) >= 11 is 0. The second kappa shape index (κ2) is 5.45. The Kier molecular flexibility index (Phi) is 4.08. The molecule has 0 aliphatic carbocycles. The monoisotopic (exact) mass is 266 g/mol. The fraction of sp³-hybridized carbons (Fsp3) is 0.643. The first-order chi connectivity index (χ1) is 8.93. The average Bonchev–Trinajstić information content (AvgIpc) is 2.36. The number of nitrogens with zero attached hydrogens (tertiary/aromatic N) is 2. The van der Waals surface area contributed by atoms with Gasteiger partial charge in [-0.25, -0.2) is 4.98 Å². The van der Waals surface area contributed by atoms with E-state index in [1.165, 1.54) is 0 Å². The number of aromatic nitrogens is 1. The van der Waals surface area contributed by atoms with E-state index in [1.807, 2.05) is 26.0 Å². The van der Waals surface area contributed by atoms with Crippen molar-refractivity contribution in [2.45, 2.75) is 38.6 Å². The molecule has 1 aromatic heterocycles. The van der Waals surface area contributed by atoms with Crippen molar-refractivity contribution in [2.75, 3.05) is 24.6 Å². The van der Waals surface area contributed by atoms with Crippen LogP contribution < -0.4 is 4.90 Å². The lowest BCUT2D eigenvalue weighted by molar-refractivity contribution is -0.101. The molecule has 0 spiro atoms. The lowest BCUT2D eigenvalue weighted by Gasteiger charge is -2.43. The molecule has 1 unspecified atom stereocenters. The molecule has 5 nitrogen and oxygen atoms in total. The first-order valence-electron chi connectivity index (χ1n) is 6.59. The van der Waals surface area contributed by atoms with Crippen molar-refractivity contribution in [3.63, 3.8) is 0 Å². The second-order valence-corrected chi connectivity index (χ2v) is 5.65. The molecule has 1 aromatic rings. The van der Waals surface area contributed by atoms with Crippen molar-refractivity contribution in [3.8, 4) is 0 Å². The van der Waals surface area contributed by atoms with Gasteiger partial charge in [-0.3, -0.25) is 0 Å². The van der Waals surface area contributed by atoms with Crippen LogP contribution in [0.5, 0.6) is 0 Å². The van der Waals surface area contributed by atoms with Crippen LogP contribution in [0.1, 0.15) is 32.4 Å². The van der Waals surface area contributed by atoms with Gasteiger partial charge < -0.3 is 19.8 Å². The Morgan fingerprint density at radius 3 is 2.95 bits per heavy atom. The highest BCUT2D eigenvalue weighted by molar-refractivity contribution is 5.48. The van der Waals surface area contributed by atoms with Crippen LogP contribution >= 0.6 is 0 Å². The lowest BCUT2D eigenvalue weighted by atomic mass is 10.0. The van der Waals surface area contributed by atoms with Gasteiger partial charge in [-0.05, 0) is 26.8 Å². The molecule has 1 saturated heterocycles. The first-order valence-corrected chi connectivity index (χ1v) is 6.59. The minimum absolute atomic E-state index is 0.0171. The van der Waals surface area contributed by atoms with Crippen molar-refractivity contribution >= 4 is 5.82 Å². The van der Waals surface area contributed by atoms with E-state index >= 15 is 0 Å². The summed E-state index contributed by atoms with van der Waals surface area (Å²) in [6.07, 6.45) is 0.923. The Morgan fingerprint density at radius 2 is 2.32 bits per heavy atom. The van der Waals surface area contributed by atoms with Gasteiger partial charge >= 0.3 is 0 Å². The zero-order valence-corrected chi connectivity index (χ0v) is 11.7. The van der Waals surface area contributed by atoms with Crippen molar-refractivity contribution in [3.05, 3.63) is 23.9 Å². The van der Waals surface area contributed by atoms with Crippen LogP contribution in [0.15, 0.2) is 18.3 Å². The van der Waals surface area contributed by atoms with Gasteiger partial charge in [0, 0.05) is 24.8 Å². The average molecular weight is 266 g/mol. The number of ether oxygens (including phenoxy) is 1. The Labute approximate surface area is 113 Å². The summed E-state index contributed by atoms with van der Waals surface area (Å²) < 4.78 is 5.79. The Bertz CT molecular complexity index is 434. The van der Waals surface area contributed by atoms with Crippen molar-refractivity contribution in [1.82, 2.24) is 4.98 Å². The van der Waals surface area contributed by atoms with E-state index in [2.05, 4.69) is 9.88 Å². The van der Waals surface area contributed by atoms with E-state index < -0.39 is 6.10 Å². The molecule has 2 N–H and O–H groups in total. The second-order valence-electron chi connectivity index (χ2n) is 5.65. The third-order valence-electron chi connectivity index (χ3n) is 3.25. The van der Waals surface area contributed by atoms with Crippen LogP contribution in [-0.2, 0) is 4.74 Å². The normalized spacial score (nSPS) is 24.3. The highest BCUT2D eigenvalue weighted by Gasteiger charge is 2.34. The maximum atomic E-state index is 9.84. The summed E-state index contributed by atoms with van der Waals surface area (Å²) in [6, 6.07) is 3.70. The number of hydrogen-bond donors (Lipinski definition) is 2. The fourth-order valence-corrected chi connectivity index (χ4v) is 2.55. The predicted molar refractivity (Wildman–Crippen MR) is 73.1 cm³/mol. The summed E-state index contributed by atoms with van der Waals surface area (Å²) in [5.41, 5.74) is 0.455. The zero-order valence-electron chi connectivity index (χ0n) is 11.7. The SMILES string of the molecule is C[C@@H](O)c1cccnc1N1CC(CO)OC(C)(C)C1. The van der Waals surface area contributed by atoms with Crippen LogP contribution in [0.3, 0.4) is 0 Å². The molecule has 106 valence electrons. The third-order valence-corrected chi connectivity index (χ3v) is 3.25. The first kappa shape index (κ1) is 14.2. The van der Waals surface area contributed by atoms with Gasteiger partial charge in [-0.1, -0.05) is 6.07 Å². The molecule has 0 bridgehead atoms. The van der Waals surface area contributed by atoms with Crippen LogP contribution in [0.4, 0.5) is 5.82 Å². The number of hydrogen-bond acceptors (Lipinski definition) is 5. The maximum absolute atomic E-state index is 9.84. The highest BCUT2D eigenvalue weighted by atomic mass is 16.5. The molecule has 2 atom stereocenters. The van der Waals surface area contributed by atoms with E-state index in [0.29, 0.717) is 13.1 Å². The molecule has 2 rings (SSSR count). The summed E-state index contributed by atoms with van der Waals surface area (Å²) in [5, 5.41) is 19.2. The molecule has 0 radical (unpaired) electrons. The fourth-order valence-electron chi connectivity index (χ4n) is 2.55. The Morgan fingerprint density at radius 1 is 1.58 bits per heavy atom. The number of anilines is 1. The minimum Gasteiger partial charge on any atom is -0.394 e. The molecule has 19 heavy (non-hydrogen) atoms. The van der Waals surface area contributed by atoms with Crippen LogP contribution in [0, 0.1) is 0 Å². The summed E-state index contributed by atoms with van der Waals surface area (Å²) in [7, 11) is 0. The van der Waals surface area contributed by atoms with E-state index in [9.17, 15) is 10.2 Å². The van der Waals surface area contributed by atoms with Gasteiger partial charge in [0.15, 0.2) is 0 Å². The number of aliphatic hydroxyl groups excluding tert-OH is 2. The zero-order chi connectivity index (χ0) is 14.0. The van der Waals surface area contributed by atoms with Crippen molar-refractivity contribution in [2.24, 2.45) is 0 Å². The van der Waals surface area contributed by atoms with Crippen LogP contribution in [0.2, 0.25) is 0 Å². The van der Waals surface area contributed by atoms with E-state index in [0.717, 1.165) is 11.4 Å². The van der Waals surface area contributed by atoms with Gasteiger partial charge in [-0.15, -0.1) is 0 Å². The lowest BCUT2D eigenvalue weighted by Crippen LogP contribution is -2.54. The standard InChI is InChI=1S/C14H22N2O3/c1-10(18)12-5-4-6-15-13(12)16-7-11(8-17)19-14(2,3)9-16/h4-6,10-11,17-18H,7-9H2,1-3H3/t10-,11?/m1/s1. The number of rotatable bonds is 3. The number of aliphatic hydroxyl groups is 2. The third kappa shape index (κ3) is 3.23. The molecular formula is C14H22N2O3. The topological polar surface area (TPSA) is 65.8 Å². The predicted octanol–water partition coefficient (Wildman–Crippen LogP) is 1.11. The number of morpholine rings is 1. The minimum atomic E-state index is -0.567. The summed E-state index contributed by atoms with van der Waals surface area (Å²) in [4.78, 5) is 6.46. The quantitative estimate of drug-likeness (QED) is 0.858. The number of pyridine rings is 1. The molecule has 0 saturated carbocycles. The molecule has 5 heteroatoms. The van der Waals surface area contributed by atoms with Crippen LogP contribution in [-0.4, -0.2) is 46.6 Å². The van der Waals surface area contributed by atoms with Crippen molar-refractivity contribution < 1.29 is 14.9 Å². The molecule has 1 aliphatic rings. The Balaban J connectivity index is 2.30. The van der Waals surface area contributed by atoms with Crippen molar-refractivity contribution in [1.29, 1.82) is 0 Å². The van der Waals surface area contributed by atoms with Gasteiger partial charge in [-0.2, -0.15) is 0 Å². The summed E-state index contributed by atoms with van der Waals surface area (Å²) in [5.74, 6) is 0.771. The van der Waals surface area contributed by atoms with Crippen LogP contribution in [0.25, 0.3) is 0 Å². The van der Waals surface area contributed by atoms with Gasteiger partial charge in [0.05, 0.1) is 24.4 Å². The molecule has 0 amide bonds. The smallest absolute Gasteiger partial charge is 0.134 e. The van der Waals surface area contributed by atoms with Gasteiger partial charge in [0.25, 0.3) is 0 Å². The molecule has 2 heterocycles. The molecular weight excluding hydrogens is 244 g/mol. The molecule has 1 fully saturated rings. The molecule has 0 aromatic carbocycles. The van der Waals surface area contributed by atoms with E-state index in [-0.39, 0.29) is 18.3 Å². The van der Waals surface area contributed by atoms with Gasteiger partial charge in [0.1, 0.15) is 5.82 Å². The van der Waals surface area contributed by atoms with E-state index in [4.69, 9.17) is 4.74 Å². The van der Waals surface area contributed by atoms with E-state index in [1.54, 1.807) is 13.1 Å².